The quantitative estimate of drug-likeness (QED) is 0.616. The molecule has 0 aromatic rings. The van der Waals surface area contributed by atoms with Gasteiger partial charge in [-0.15, -0.1) is 0 Å². The van der Waals surface area contributed by atoms with E-state index in [0.29, 0.717) is 11.8 Å². The lowest BCUT2D eigenvalue weighted by atomic mass is 9.76. The van der Waals surface area contributed by atoms with Gasteiger partial charge in [0.05, 0.1) is 0 Å². The summed E-state index contributed by atoms with van der Waals surface area (Å²) in [6, 6.07) is 0. The first kappa shape index (κ1) is 11.9. The summed E-state index contributed by atoms with van der Waals surface area (Å²) < 4.78 is 0. The van der Waals surface area contributed by atoms with E-state index < -0.39 is 0 Å². The molecular weight excluding hydrogens is 198 g/mol. The maximum Gasteiger partial charge on any atom is 0.223 e. The van der Waals surface area contributed by atoms with Gasteiger partial charge in [0.25, 0.3) is 0 Å². The van der Waals surface area contributed by atoms with Gasteiger partial charge in [0.1, 0.15) is 0 Å². The molecule has 2 unspecified atom stereocenters. The second-order valence-electron chi connectivity index (χ2n) is 6.65. The van der Waals surface area contributed by atoms with E-state index in [4.69, 9.17) is 0 Å². The number of carbonyl (C=O) groups is 1. The van der Waals surface area contributed by atoms with Crippen LogP contribution in [0.5, 0.6) is 0 Å². The molecule has 2 aliphatic rings. The van der Waals surface area contributed by atoms with Crippen LogP contribution in [-0.2, 0) is 4.79 Å². The number of amides is 1. The minimum atomic E-state index is -0.0178. The molecule has 0 aromatic carbocycles. The summed E-state index contributed by atoms with van der Waals surface area (Å²) in [6.45, 7) is 8.89. The van der Waals surface area contributed by atoms with Crippen LogP contribution < -0.4 is 0 Å². The molecule has 1 saturated heterocycles. The predicted molar refractivity (Wildman–Crippen MR) is 66.2 cm³/mol. The van der Waals surface area contributed by atoms with Crippen molar-refractivity contribution in [2.24, 2.45) is 5.92 Å². The van der Waals surface area contributed by atoms with E-state index in [1.165, 1.54) is 25.7 Å². The van der Waals surface area contributed by atoms with Crippen molar-refractivity contribution in [2.75, 3.05) is 0 Å². The standard InChI is InChI=1S/C14H25NO/c1-11-7-5-9-14(11)10-6-8-12(16)15(14)13(2,3)4/h11H,5-10H2,1-4H3. The molecule has 0 radical (unpaired) electrons. The highest BCUT2D eigenvalue weighted by Crippen LogP contribution is 2.48. The molecule has 16 heavy (non-hydrogen) atoms. The lowest BCUT2D eigenvalue weighted by Gasteiger charge is -2.54. The first-order valence-corrected chi connectivity index (χ1v) is 6.71. The summed E-state index contributed by atoms with van der Waals surface area (Å²) in [5.74, 6) is 1.06. The first-order chi connectivity index (χ1) is 7.38. The van der Waals surface area contributed by atoms with Gasteiger partial charge in [0.15, 0.2) is 0 Å². The van der Waals surface area contributed by atoms with Crippen LogP contribution in [0.3, 0.4) is 0 Å². The second kappa shape index (κ2) is 3.75. The van der Waals surface area contributed by atoms with E-state index in [2.05, 4.69) is 32.6 Å². The Morgan fingerprint density at radius 2 is 1.88 bits per heavy atom. The van der Waals surface area contributed by atoms with Crippen molar-refractivity contribution in [3.05, 3.63) is 0 Å². The summed E-state index contributed by atoms with van der Waals surface area (Å²) in [7, 11) is 0. The van der Waals surface area contributed by atoms with Crippen molar-refractivity contribution in [1.82, 2.24) is 4.90 Å². The van der Waals surface area contributed by atoms with Crippen LogP contribution in [0.2, 0.25) is 0 Å². The minimum Gasteiger partial charge on any atom is -0.332 e. The van der Waals surface area contributed by atoms with Gasteiger partial charge >= 0.3 is 0 Å². The van der Waals surface area contributed by atoms with Gasteiger partial charge in [-0.25, -0.2) is 0 Å². The Morgan fingerprint density at radius 3 is 2.38 bits per heavy atom. The Kier molecular flexibility index (Phi) is 2.80. The zero-order valence-electron chi connectivity index (χ0n) is 11.2. The highest BCUT2D eigenvalue weighted by atomic mass is 16.2. The fraction of sp³-hybridized carbons (Fsp3) is 0.929. The number of likely N-dealkylation sites (tertiary alicyclic amines) is 1. The van der Waals surface area contributed by atoms with Crippen molar-refractivity contribution in [2.45, 2.75) is 77.3 Å². The number of carbonyl (C=O) groups excluding carboxylic acids is 1. The van der Waals surface area contributed by atoms with E-state index >= 15 is 0 Å². The molecule has 92 valence electrons. The maximum absolute atomic E-state index is 12.3. The Hall–Kier alpha value is -0.530. The third-order valence-electron chi connectivity index (χ3n) is 4.53. The lowest BCUT2D eigenvalue weighted by molar-refractivity contribution is -0.153. The van der Waals surface area contributed by atoms with Crippen LogP contribution >= 0.6 is 0 Å². The summed E-state index contributed by atoms with van der Waals surface area (Å²) >= 11 is 0. The number of piperidine rings is 1. The maximum atomic E-state index is 12.3. The third-order valence-corrected chi connectivity index (χ3v) is 4.53. The molecule has 2 atom stereocenters. The Labute approximate surface area is 99.4 Å². The average Bonchev–Trinajstić information content (AvgIpc) is 2.46. The average molecular weight is 223 g/mol. The summed E-state index contributed by atoms with van der Waals surface area (Å²) in [5, 5.41) is 0. The normalized spacial score (nSPS) is 36.1. The zero-order valence-corrected chi connectivity index (χ0v) is 11.2. The van der Waals surface area contributed by atoms with Crippen LogP contribution in [0.1, 0.15) is 66.2 Å². The van der Waals surface area contributed by atoms with Crippen LogP contribution in [0, 0.1) is 5.92 Å². The van der Waals surface area contributed by atoms with E-state index in [-0.39, 0.29) is 11.1 Å². The smallest absolute Gasteiger partial charge is 0.223 e. The summed E-state index contributed by atoms with van der Waals surface area (Å²) in [6.07, 6.45) is 6.87. The topological polar surface area (TPSA) is 20.3 Å². The van der Waals surface area contributed by atoms with Crippen molar-refractivity contribution >= 4 is 5.91 Å². The molecule has 2 nitrogen and oxygen atoms in total. The van der Waals surface area contributed by atoms with E-state index in [1.54, 1.807) is 0 Å². The monoisotopic (exact) mass is 223 g/mol. The molecule has 1 saturated carbocycles. The molecule has 2 fully saturated rings. The molecular formula is C14H25NO. The van der Waals surface area contributed by atoms with Gasteiger partial charge in [-0.2, -0.15) is 0 Å². The highest BCUT2D eigenvalue weighted by molar-refractivity contribution is 5.79. The molecule has 2 heteroatoms. The Morgan fingerprint density at radius 1 is 1.25 bits per heavy atom. The summed E-state index contributed by atoms with van der Waals surface area (Å²) in [4.78, 5) is 14.5. The van der Waals surface area contributed by atoms with Gasteiger partial charge in [-0.05, 0) is 52.4 Å². The highest BCUT2D eigenvalue weighted by Gasteiger charge is 2.51. The number of hydrogen-bond donors (Lipinski definition) is 0. The van der Waals surface area contributed by atoms with Crippen molar-refractivity contribution in [1.29, 1.82) is 0 Å². The van der Waals surface area contributed by atoms with E-state index in [9.17, 15) is 4.79 Å². The van der Waals surface area contributed by atoms with Crippen LogP contribution in [0.4, 0.5) is 0 Å². The molecule has 0 aromatic heterocycles. The van der Waals surface area contributed by atoms with Gasteiger partial charge in [0.2, 0.25) is 5.91 Å². The molecule has 0 bridgehead atoms. The van der Waals surface area contributed by atoms with Crippen LogP contribution in [0.25, 0.3) is 0 Å². The Bertz CT molecular complexity index is 292. The Balaban J connectivity index is 2.37. The molecule has 1 amide bonds. The van der Waals surface area contributed by atoms with Gasteiger partial charge < -0.3 is 4.90 Å². The molecule has 0 N–H and O–H groups in total. The zero-order chi connectivity index (χ0) is 12.0. The van der Waals surface area contributed by atoms with Crippen LogP contribution in [-0.4, -0.2) is 21.9 Å². The molecule has 1 aliphatic carbocycles. The summed E-state index contributed by atoms with van der Waals surface area (Å²) in [5.41, 5.74) is 0.170. The number of nitrogens with zero attached hydrogens (tertiary/aromatic N) is 1. The molecule has 1 heterocycles. The van der Waals surface area contributed by atoms with Crippen LogP contribution in [0.15, 0.2) is 0 Å². The fourth-order valence-electron chi connectivity index (χ4n) is 3.99. The minimum absolute atomic E-state index is 0.0178. The number of hydrogen-bond acceptors (Lipinski definition) is 1. The van der Waals surface area contributed by atoms with Gasteiger partial charge in [-0.1, -0.05) is 13.3 Å². The van der Waals surface area contributed by atoms with Gasteiger partial charge in [-0.3, -0.25) is 4.79 Å². The molecule has 1 aliphatic heterocycles. The SMILES string of the molecule is CC1CCCC12CCCC(=O)N2C(C)(C)C. The van der Waals surface area contributed by atoms with E-state index in [1.807, 2.05) is 0 Å². The van der Waals surface area contributed by atoms with E-state index in [0.717, 1.165) is 12.8 Å². The number of rotatable bonds is 0. The lowest BCUT2D eigenvalue weighted by Crippen LogP contribution is -2.63. The van der Waals surface area contributed by atoms with Crippen molar-refractivity contribution in [3.8, 4) is 0 Å². The molecule has 2 rings (SSSR count). The van der Waals surface area contributed by atoms with Gasteiger partial charge in [0, 0.05) is 17.5 Å². The third kappa shape index (κ3) is 1.66. The second-order valence-corrected chi connectivity index (χ2v) is 6.65. The fourth-order valence-corrected chi connectivity index (χ4v) is 3.99. The largest absolute Gasteiger partial charge is 0.332 e. The predicted octanol–water partition coefficient (Wildman–Crippen LogP) is 3.36. The van der Waals surface area contributed by atoms with Crippen molar-refractivity contribution in [3.63, 3.8) is 0 Å². The first-order valence-electron chi connectivity index (χ1n) is 6.71. The molecule has 1 spiro atoms. The van der Waals surface area contributed by atoms with Crippen molar-refractivity contribution < 1.29 is 4.79 Å².